The molecule has 0 aliphatic carbocycles. The third-order valence-electron chi connectivity index (χ3n) is 3.97. The summed E-state index contributed by atoms with van der Waals surface area (Å²) in [6.45, 7) is 0.772. The summed E-state index contributed by atoms with van der Waals surface area (Å²) in [5.74, 6) is -1.46. The maximum Gasteiger partial charge on any atom is 0.451 e. The van der Waals surface area contributed by atoms with Gasteiger partial charge in [-0.1, -0.05) is 0 Å². The number of nitrogens with one attached hydrogen (secondary N) is 2. The number of rotatable bonds is 5. The molecular weight excluding hydrogens is 375 g/mol. The van der Waals surface area contributed by atoms with E-state index in [9.17, 15) is 26.4 Å². The summed E-state index contributed by atoms with van der Waals surface area (Å²) in [6, 6.07) is -0.406. The van der Waals surface area contributed by atoms with Crippen LogP contribution in [0, 0.1) is 5.92 Å². The van der Waals surface area contributed by atoms with Crippen molar-refractivity contribution in [1.29, 1.82) is 0 Å². The Morgan fingerprint density at radius 2 is 2.00 bits per heavy atom. The number of urea groups is 1. The molecule has 2 heterocycles. The number of sulfonamides is 1. The summed E-state index contributed by atoms with van der Waals surface area (Å²) < 4.78 is 62.7. The first-order chi connectivity index (χ1) is 12.1. The van der Waals surface area contributed by atoms with E-state index in [2.05, 4.69) is 20.0 Å². The van der Waals surface area contributed by atoms with E-state index in [1.807, 2.05) is 0 Å². The summed E-state index contributed by atoms with van der Waals surface area (Å²) >= 11 is 0. The Hall–Kier alpha value is -1.95. The van der Waals surface area contributed by atoms with E-state index in [4.69, 9.17) is 0 Å². The lowest BCUT2D eigenvalue weighted by molar-refractivity contribution is -0.145. The molecule has 0 spiro atoms. The number of likely N-dealkylation sites (tertiary alicyclic amines) is 1. The van der Waals surface area contributed by atoms with Gasteiger partial charge in [-0.25, -0.2) is 27.9 Å². The van der Waals surface area contributed by atoms with Crippen molar-refractivity contribution in [2.45, 2.75) is 25.6 Å². The highest BCUT2D eigenvalue weighted by atomic mass is 32.2. The van der Waals surface area contributed by atoms with Crippen LogP contribution in [0.4, 0.5) is 18.0 Å². The van der Waals surface area contributed by atoms with Gasteiger partial charge in [-0.15, -0.1) is 0 Å². The van der Waals surface area contributed by atoms with Gasteiger partial charge in [0.15, 0.2) is 0 Å². The molecule has 1 saturated heterocycles. The van der Waals surface area contributed by atoms with E-state index in [0.29, 0.717) is 31.5 Å². The third kappa shape index (κ3) is 5.80. The predicted octanol–water partition coefficient (Wildman–Crippen LogP) is 0.966. The molecule has 1 aliphatic rings. The van der Waals surface area contributed by atoms with Crippen molar-refractivity contribution in [3.8, 4) is 0 Å². The molecule has 26 heavy (non-hydrogen) atoms. The number of hydrogen-bond donors (Lipinski definition) is 2. The standard InChI is InChI=1S/C14H20F3N5O3S/c1-18-26(24,25)9-10-3-2-4-22(8-10)13(23)21-7-11-5-19-12(20-6-11)14(15,16)17/h5-6,10,18H,2-4,7-9H2,1H3,(H,21,23). The number of hydrogen-bond acceptors (Lipinski definition) is 5. The minimum atomic E-state index is -4.61. The molecule has 2 N–H and O–H groups in total. The second kappa shape index (κ2) is 8.16. The molecule has 1 aliphatic heterocycles. The first-order valence-corrected chi connectivity index (χ1v) is 9.58. The lowest BCUT2D eigenvalue weighted by Crippen LogP contribution is -2.47. The smallest absolute Gasteiger partial charge is 0.334 e. The monoisotopic (exact) mass is 395 g/mol. The van der Waals surface area contributed by atoms with Gasteiger partial charge < -0.3 is 10.2 Å². The van der Waals surface area contributed by atoms with Crippen LogP contribution < -0.4 is 10.0 Å². The van der Waals surface area contributed by atoms with Crippen molar-refractivity contribution < 1.29 is 26.4 Å². The van der Waals surface area contributed by atoms with E-state index >= 15 is 0 Å². The Bertz CT molecular complexity index is 724. The number of aromatic nitrogens is 2. The van der Waals surface area contributed by atoms with Gasteiger partial charge in [0.25, 0.3) is 0 Å². The van der Waals surface area contributed by atoms with E-state index in [1.165, 1.54) is 11.9 Å². The fourth-order valence-corrected chi connectivity index (χ4v) is 3.72. The average molecular weight is 395 g/mol. The Kier molecular flexibility index (Phi) is 6.39. The molecule has 0 aromatic carbocycles. The molecule has 2 rings (SSSR count). The fourth-order valence-electron chi connectivity index (χ4n) is 2.66. The lowest BCUT2D eigenvalue weighted by atomic mass is 10.0. The number of carbonyl (C=O) groups excluding carboxylic acids is 1. The van der Waals surface area contributed by atoms with Gasteiger partial charge in [-0.2, -0.15) is 13.2 Å². The van der Waals surface area contributed by atoms with E-state index < -0.39 is 28.1 Å². The van der Waals surface area contributed by atoms with Gasteiger partial charge in [0.2, 0.25) is 15.8 Å². The Balaban J connectivity index is 1.87. The van der Waals surface area contributed by atoms with Crippen molar-refractivity contribution >= 4 is 16.1 Å². The Morgan fingerprint density at radius 1 is 1.35 bits per heavy atom. The van der Waals surface area contributed by atoms with Crippen molar-refractivity contribution in [3.05, 3.63) is 23.8 Å². The summed E-state index contributed by atoms with van der Waals surface area (Å²) in [7, 11) is -2.01. The molecule has 12 heteroatoms. The number of nitrogens with zero attached hydrogens (tertiary/aromatic N) is 3. The van der Waals surface area contributed by atoms with Crippen LogP contribution in [0.2, 0.25) is 0 Å². The molecule has 2 amide bonds. The minimum Gasteiger partial charge on any atom is -0.334 e. The summed E-state index contributed by atoms with van der Waals surface area (Å²) in [4.78, 5) is 20.2. The van der Waals surface area contributed by atoms with E-state index in [0.717, 1.165) is 12.4 Å². The number of piperidine rings is 1. The Morgan fingerprint density at radius 3 is 2.58 bits per heavy atom. The first kappa shape index (κ1) is 20.4. The second-order valence-corrected chi connectivity index (χ2v) is 7.98. The minimum absolute atomic E-state index is 0.0209. The van der Waals surface area contributed by atoms with Crippen LogP contribution >= 0.6 is 0 Å². The van der Waals surface area contributed by atoms with Crippen LogP contribution in [0.5, 0.6) is 0 Å². The van der Waals surface area contributed by atoms with Crippen LogP contribution in [0.3, 0.4) is 0 Å². The third-order valence-corrected chi connectivity index (χ3v) is 5.51. The topological polar surface area (TPSA) is 104 Å². The SMILES string of the molecule is CNS(=O)(=O)CC1CCCN(C(=O)NCc2cnc(C(F)(F)F)nc2)C1. The molecule has 0 saturated carbocycles. The molecule has 146 valence electrons. The number of amides is 2. The number of carbonyl (C=O) groups is 1. The van der Waals surface area contributed by atoms with Crippen LogP contribution in [0.25, 0.3) is 0 Å². The van der Waals surface area contributed by atoms with Crippen molar-refractivity contribution in [2.24, 2.45) is 5.92 Å². The summed E-state index contributed by atoms with van der Waals surface area (Å²) in [5, 5.41) is 2.58. The van der Waals surface area contributed by atoms with Gasteiger partial charge in [0.1, 0.15) is 0 Å². The van der Waals surface area contributed by atoms with Gasteiger partial charge in [0.05, 0.1) is 5.75 Å². The zero-order chi connectivity index (χ0) is 19.4. The normalized spacial score (nSPS) is 18.6. The van der Waals surface area contributed by atoms with Crippen LogP contribution in [0.1, 0.15) is 24.2 Å². The Labute approximate surface area is 149 Å². The zero-order valence-electron chi connectivity index (χ0n) is 14.1. The van der Waals surface area contributed by atoms with Gasteiger partial charge in [-0.3, -0.25) is 0 Å². The molecule has 0 bridgehead atoms. The molecule has 0 radical (unpaired) electrons. The van der Waals surface area contributed by atoms with E-state index in [1.54, 1.807) is 0 Å². The van der Waals surface area contributed by atoms with Crippen molar-refractivity contribution in [2.75, 3.05) is 25.9 Å². The van der Waals surface area contributed by atoms with Gasteiger partial charge in [0, 0.05) is 37.6 Å². The van der Waals surface area contributed by atoms with Gasteiger partial charge in [-0.05, 0) is 25.8 Å². The quantitative estimate of drug-likeness (QED) is 0.773. The fraction of sp³-hybridized carbons (Fsp3) is 0.643. The van der Waals surface area contributed by atoms with E-state index in [-0.39, 0.29) is 18.2 Å². The van der Waals surface area contributed by atoms with Crippen LogP contribution in [-0.2, 0) is 22.7 Å². The molecule has 1 fully saturated rings. The summed E-state index contributed by atoms with van der Waals surface area (Å²) in [5.41, 5.74) is 0.331. The largest absolute Gasteiger partial charge is 0.451 e. The molecule has 1 aromatic heterocycles. The van der Waals surface area contributed by atoms with Gasteiger partial charge >= 0.3 is 12.2 Å². The molecule has 1 aromatic rings. The van der Waals surface area contributed by atoms with Crippen molar-refractivity contribution in [3.63, 3.8) is 0 Å². The highest BCUT2D eigenvalue weighted by molar-refractivity contribution is 7.89. The van der Waals surface area contributed by atoms with Crippen molar-refractivity contribution in [1.82, 2.24) is 24.9 Å². The van der Waals surface area contributed by atoms with Crippen LogP contribution in [-0.4, -0.2) is 55.2 Å². The number of halogens is 3. The number of alkyl halides is 3. The molecule has 1 unspecified atom stereocenters. The molecule has 1 atom stereocenters. The van der Waals surface area contributed by atoms with Crippen LogP contribution in [0.15, 0.2) is 12.4 Å². The molecule has 8 nitrogen and oxygen atoms in total. The predicted molar refractivity (Wildman–Crippen MR) is 86.4 cm³/mol. The maximum atomic E-state index is 12.4. The first-order valence-electron chi connectivity index (χ1n) is 7.93. The maximum absolute atomic E-state index is 12.4. The highest BCUT2D eigenvalue weighted by Gasteiger charge is 2.34. The zero-order valence-corrected chi connectivity index (χ0v) is 14.9. The average Bonchev–Trinajstić information content (AvgIpc) is 2.59. The lowest BCUT2D eigenvalue weighted by Gasteiger charge is -2.32. The summed E-state index contributed by atoms with van der Waals surface area (Å²) in [6.07, 6.45) is -1.21. The molecular formula is C14H20F3N5O3S. The second-order valence-electron chi connectivity index (χ2n) is 6.01. The highest BCUT2D eigenvalue weighted by Crippen LogP contribution is 2.25.